The standard InChI is InChI=1S/C15H16ClN3O5S/c1-9(20)17-12-5-4-10(8-11(12)16)25(21,22)19-13-6-7-14(23-2)18-15(13)24-3/h4-8,19H,1-3H3,(H,17,20). The summed E-state index contributed by atoms with van der Waals surface area (Å²) < 4.78 is 37.5. The molecule has 0 fully saturated rings. The van der Waals surface area contributed by atoms with E-state index in [9.17, 15) is 13.2 Å². The number of hydrogen-bond acceptors (Lipinski definition) is 6. The number of methoxy groups -OCH3 is 2. The Morgan fingerprint density at radius 3 is 2.36 bits per heavy atom. The van der Waals surface area contributed by atoms with Gasteiger partial charge in [0.05, 0.1) is 29.8 Å². The lowest BCUT2D eigenvalue weighted by Crippen LogP contribution is -2.14. The maximum atomic E-state index is 12.5. The number of sulfonamides is 1. The van der Waals surface area contributed by atoms with Gasteiger partial charge in [-0.1, -0.05) is 11.6 Å². The third-order valence-corrected chi connectivity index (χ3v) is 4.72. The summed E-state index contributed by atoms with van der Waals surface area (Å²) in [5, 5.41) is 2.60. The van der Waals surface area contributed by atoms with Crippen molar-refractivity contribution in [2.45, 2.75) is 11.8 Å². The molecule has 0 unspecified atom stereocenters. The molecule has 25 heavy (non-hydrogen) atoms. The number of aromatic nitrogens is 1. The Labute approximate surface area is 150 Å². The molecule has 0 aliphatic heterocycles. The van der Waals surface area contributed by atoms with Gasteiger partial charge in [-0.3, -0.25) is 9.52 Å². The number of ether oxygens (including phenoxy) is 2. The van der Waals surface area contributed by atoms with E-state index in [2.05, 4.69) is 15.0 Å². The number of nitrogens with one attached hydrogen (secondary N) is 2. The minimum absolute atomic E-state index is 0.0592. The maximum absolute atomic E-state index is 12.5. The van der Waals surface area contributed by atoms with Gasteiger partial charge in [-0.25, -0.2) is 8.42 Å². The molecule has 0 bridgehead atoms. The van der Waals surface area contributed by atoms with E-state index in [1.807, 2.05) is 0 Å². The molecule has 0 saturated heterocycles. The van der Waals surface area contributed by atoms with Gasteiger partial charge in [-0.15, -0.1) is 0 Å². The molecule has 2 rings (SSSR count). The first kappa shape index (κ1) is 18.8. The first-order valence-corrected chi connectivity index (χ1v) is 8.82. The van der Waals surface area contributed by atoms with Gasteiger partial charge in [0.2, 0.25) is 17.7 Å². The average Bonchev–Trinajstić information content (AvgIpc) is 2.56. The van der Waals surface area contributed by atoms with Crippen LogP contribution in [0.25, 0.3) is 0 Å². The summed E-state index contributed by atoms with van der Waals surface area (Å²) >= 11 is 6.02. The van der Waals surface area contributed by atoms with Crippen molar-refractivity contribution in [3.8, 4) is 11.8 Å². The molecule has 0 radical (unpaired) electrons. The van der Waals surface area contributed by atoms with Crippen LogP contribution in [0.4, 0.5) is 11.4 Å². The first-order chi connectivity index (χ1) is 11.8. The van der Waals surface area contributed by atoms with Gasteiger partial charge in [0, 0.05) is 13.0 Å². The second-order valence-electron chi connectivity index (χ2n) is 4.84. The first-order valence-electron chi connectivity index (χ1n) is 6.96. The van der Waals surface area contributed by atoms with Crippen LogP contribution in [0.15, 0.2) is 35.2 Å². The van der Waals surface area contributed by atoms with Crippen molar-refractivity contribution in [2.24, 2.45) is 0 Å². The number of halogens is 1. The van der Waals surface area contributed by atoms with Crippen molar-refractivity contribution in [3.63, 3.8) is 0 Å². The number of amides is 1. The lowest BCUT2D eigenvalue weighted by atomic mass is 10.3. The van der Waals surface area contributed by atoms with Crippen LogP contribution >= 0.6 is 11.6 Å². The summed E-state index contributed by atoms with van der Waals surface area (Å²) in [7, 11) is -1.15. The van der Waals surface area contributed by atoms with E-state index in [0.717, 1.165) is 0 Å². The molecule has 2 N–H and O–H groups in total. The SMILES string of the molecule is COc1ccc(NS(=O)(=O)c2ccc(NC(C)=O)c(Cl)c2)c(OC)n1. The molecular formula is C15H16ClN3O5S. The minimum Gasteiger partial charge on any atom is -0.481 e. The van der Waals surface area contributed by atoms with E-state index in [1.165, 1.54) is 51.5 Å². The van der Waals surface area contributed by atoms with Gasteiger partial charge < -0.3 is 14.8 Å². The number of benzene rings is 1. The van der Waals surface area contributed by atoms with E-state index < -0.39 is 10.0 Å². The van der Waals surface area contributed by atoms with Gasteiger partial charge in [-0.05, 0) is 24.3 Å². The number of nitrogens with zero attached hydrogens (tertiary/aromatic N) is 1. The zero-order valence-corrected chi connectivity index (χ0v) is 15.2. The van der Waals surface area contributed by atoms with Gasteiger partial charge in [0.15, 0.2) is 0 Å². The Balaban J connectivity index is 2.33. The van der Waals surface area contributed by atoms with Crippen LogP contribution in [0.3, 0.4) is 0 Å². The average molecular weight is 386 g/mol. The molecule has 0 aliphatic carbocycles. The van der Waals surface area contributed by atoms with Crippen LogP contribution < -0.4 is 19.5 Å². The monoisotopic (exact) mass is 385 g/mol. The third kappa shape index (κ3) is 4.52. The van der Waals surface area contributed by atoms with E-state index in [-0.39, 0.29) is 33.3 Å². The Hall–Kier alpha value is -2.52. The highest BCUT2D eigenvalue weighted by Gasteiger charge is 2.19. The van der Waals surface area contributed by atoms with Crippen LogP contribution in [0.5, 0.6) is 11.8 Å². The molecule has 134 valence electrons. The van der Waals surface area contributed by atoms with Gasteiger partial charge in [-0.2, -0.15) is 4.98 Å². The van der Waals surface area contributed by atoms with Crippen LogP contribution in [-0.2, 0) is 14.8 Å². The number of rotatable bonds is 6. The van der Waals surface area contributed by atoms with E-state index in [0.29, 0.717) is 5.69 Å². The fraction of sp³-hybridized carbons (Fsp3) is 0.200. The quantitative estimate of drug-likeness (QED) is 0.791. The highest BCUT2D eigenvalue weighted by Crippen LogP contribution is 2.29. The molecule has 0 spiro atoms. The van der Waals surface area contributed by atoms with Crippen molar-refractivity contribution in [1.29, 1.82) is 0 Å². The largest absolute Gasteiger partial charge is 0.481 e. The van der Waals surface area contributed by atoms with Crippen molar-refractivity contribution in [1.82, 2.24) is 4.98 Å². The molecule has 2 aromatic rings. The van der Waals surface area contributed by atoms with Crippen molar-refractivity contribution >= 4 is 38.9 Å². The van der Waals surface area contributed by atoms with Crippen LogP contribution in [0.1, 0.15) is 6.92 Å². The normalized spacial score (nSPS) is 10.9. The Morgan fingerprint density at radius 2 is 1.80 bits per heavy atom. The van der Waals surface area contributed by atoms with Crippen molar-refractivity contribution < 1.29 is 22.7 Å². The van der Waals surface area contributed by atoms with Gasteiger partial charge in [0.1, 0.15) is 5.69 Å². The summed E-state index contributed by atoms with van der Waals surface area (Å²) in [5.74, 6) is 0.0241. The molecule has 1 heterocycles. The maximum Gasteiger partial charge on any atom is 0.262 e. The summed E-state index contributed by atoms with van der Waals surface area (Å²) in [4.78, 5) is 15.0. The smallest absolute Gasteiger partial charge is 0.262 e. The van der Waals surface area contributed by atoms with E-state index >= 15 is 0 Å². The summed E-state index contributed by atoms with van der Waals surface area (Å²) in [5.41, 5.74) is 0.460. The van der Waals surface area contributed by atoms with E-state index in [4.69, 9.17) is 21.1 Å². The fourth-order valence-electron chi connectivity index (χ4n) is 1.93. The lowest BCUT2D eigenvalue weighted by molar-refractivity contribution is -0.114. The van der Waals surface area contributed by atoms with Crippen LogP contribution in [-0.4, -0.2) is 33.5 Å². The molecule has 0 atom stereocenters. The second-order valence-corrected chi connectivity index (χ2v) is 6.93. The Bertz CT molecular complexity index is 902. The number of carbonyl (C=O) groups is 1. The summed E-state index contributed by atoms with van der Waals surface area (Å²) in [6, 6.07) is 6.92. The Kier molecular flexibility index (Phi) is 5.70. The topological polar surface area (TPSA) is 107 Å². The Morgan fingerprint density at radius 1 is 1.12 bits per heavy atom. The number of anilines is 2. The molecular weight excluding hydrogens is 370 g/mol. The van der Waals surface area contributed by atoms with Gasteiger partial charge in [0.25, 0.3) is 10.0 Å². The number of pyridine rings is 1. The second kappa shape index (κ2) is 7.58. The molecule has 8 nitrogen and oxygen atoms in total. The highest BCUT2D eigenvalue weighted by molar-refractivity contribution is 7.92. The zero-order valence-electron chi connectivity index (χ0n) is 13.7. The molecule has 1 aromatic carbocycles. The predicted molar refractivity (Wildman–Crippen MR) is 93.9 cm³/mol. The fourth-order valence-corrected chi connectivity index (χ4v) is 3.30. The van der Waals surface area contributed by atoms with Crippen molar-refractivity contribution in [3.05, 3.63) is 35.4 Å². The molecule has 10 heteroatoms. The highest BCUT2D eigenvalue weighted by atomic mass is 35.5. The van der Waals surface area contributed by atoms with E-state index in [1.54, 1.807) is 0 Å². The van der Waals surface area contributed by atoms with Crippen LogP contribution in [0, 0.1) is 0 Å². The summed E-state index contributed by atoms with van der Waals surface area (Å²) in [6.07, 6.45) is 0. The summed E-state index contributed by atoms with van der Waals surface area (Å²) in [6.45, 7) is 1.32. The van der Waals surface area contributed by atoms with Crippen molar-refractivity contribution in [2.75, 3.05) is 24.3 Å². The third-order valence-electron chi connectivity index (χ3n) is 3.04. The molecule has 1 aromatic heterocycles. The zero-order chi connectivity index (χ0) is 18.6. The van der Waals surface area contributed by atoms with Gasteiger partial charge >= 0.3 is 0 Å². The van der Waals surface area contributed by atoms with Crippen LogP contribution in [0.2, 0.25) is 5.02 Å². The lowest BCUT2D eigenvalue weighted by Gasteiger charge is -2.13. The number of hydrogen-bond donors (Lipinski definition) is 2. The predicted octanol–water partition coefficient (Wildman–Crippen LogP) is 2.51. The molecule has 0 aliphatic rings. The minimum atomic E-state index is -3.94. The number of carbonyl (C=O) groups excluding carboxylic acids is 1. The molecule has 1 amide bonds. The molecule has 0 saturated carbocycles.